The van der Waals surface area contributed by atoms with E-state index < -0.39 is 0 Å². The number of benzene rings is 1. The molecule has 0 saturated carbocycles. The Morgan fingerprint density at radius 2 is 2.15 bits per heavy atom. The zero-order chi connectivity index (χ0) is 14.5. The second kappa shape index (κ2) is 6.68. The van der Waals surface area contributed by atoms with Gasteiger partial charge in [0.1, 0.15) is 5.76 Å². The van der Waals surface area contributed by atoms with E-state index in [0.717, 1.165) is 5.56 Å². The van der Waals surface area contributed by atoms with Crippen LogP contribution >= 0.6 is 23.2 Å². The van der Waals surface area contributed by atoms with E-state index in [2.05, 4.69) is 10.6 Å². The van der Waals surface area contributed by atoms with Crippen LogP contribution in [0.2, 0.25) is 10.0 Å². The first-order chi connectivity index (χ1) is 9.56. The van der Waals surface area contributed by atoms with E-state index in [-0.39, 0.29) is 12.1 Å². The molecule has 6 heteroatoms. The Labute approximate surface area is 127 Å². The fourth-order valence-electron chi connectivity index (χ4n) is 1.76. The summed E-state index contributed by atoms with van der Waals surface area (Å²) in [5.41, 5.74) is 0.809. The lowest BCUT2D eigenvalue weighted by atomic mass is 10.1. The third kappa shape index (κ3) is 3.92. The van der Waals surface area contributed by atoms with Crippen LogP contribution in [-0.4, -0.2) is 6.03 Å². The molecule has 2 rings (SSSR count). The van der Waals surface area contributed by atoms with Crippen molar-refractivity contribution in [3.8, 4) is 0 Å². The number of hydrogen-bond acceptors (Lipinski definition) is 2. The van der Waals surface area contributed by atoms with Gasteiger partial charge >= 0.3 is 6.03 Å². The van der Waals surface area contributed by atoms with Crippen molar-refractivity contribution in [1.82, 2.24) is 10.6 Å². The Morgan fingerprint density at radius 1 is 1.35 bits per heavy atom. The van der Waals surface area contributed by atoms with Gasteiger partial charge in [0.25, 0.3) is 0 Å². The second-order valence-corrected chi connectivity index (χ2v) is 5.14. The van der Waals surface area contributed by atoms with Crippen LogP contribution in [0.4, 0.5) is 4.79 Å². The van der Waals surface area contributed by atoms with Crippen molar-refractivity contribution in [2.75, 3.05) is 0 Å². The van der Waals surface area contributed by atoms with Crippen molar-refractivity contribution in [3.05, 3.63) is 58.0 Å². The summed E-state index contributed by atoms with van der Waals surface area (Å²) < 4.78 is 5.13. The number of amides is 2. The van der Waals surface area contributed by atoms with Gasteiger partial charge in [-0.1, -0.05) is 29.3 Å². The van der Waals surface area contributed by atoms with E-state index in [9.17, 15) is 4.79 Å². The van der Waals surface area contributed by atoms with Crippen LogP contribution in [0.3, 0.4) is 0 Å². The molecule has 4 nitrogen and oxygen atoms in total. The third-order valence-electron chi connectivity index (χ3n) is 2.78. The topological polar surface area (TPSA) is 54.3 Å². The first-order valence-electron chi connectivity index (χ1n) is 6.08. The van der Waals surface area contributed by atoms with Crippen LogP contribution in [0, 0.1) is 0 Å². The number of carbonyl (C=O) groups is 1. The summed E-state index contributed by atoms with van der Waals surface area (Å²) in [7, 11) is 0. The second-order valence-electron chi connectivity index (χ2n) is 4.29. The predicted octanol–water partition coefficient (Wildman–Crippen LogP) is 4.15. The molecule has 0 saturated heterocycles. The van der Waals surface area contributed by atoms with Crippen molar-refractivity contribution < 1.29 is 9.21 Å². The maximum Gasteiger partial charge on any atom is 0.315 e. The molecule has 1 heterocycles. The highest BCUT2D eigenvalue weighted by molar-refractivity contribution is 6.35. The Bertz CT molecular complexity index is 585. The first kappa shape index (κ1) is 14.8. The minimum atomic E-state index is -0.292. The third-order valence-corrected chi connectivity index (χ3v) is 3.34. The molecule has 0 aliphatic rings. The quantitative estimate of drug-likeness (QED) is 0.891. The molecule has 0 radical (unpaired) electrons. The smallest absolute Gasteiger partial charge is 0.315 e. The Morgan fingerprint density at radius 3 is 2.80 bits per heavy atom. The van der Waals surface area contributed by atoms with Crippen LogP contribution < -0.4 is 10.6 Å². The normalized spacial score (nSPS) is 11.9. The van der Waals surface area contributed by atoms with Crippen molar-refractivity contribution in [3.63, 3.8) is 0 Å². The highest BCUT2D eigenvalue weighted by atomic mass is 35.5. The lowest BCUT2D eigenvalue weighted by Crippen LogP contribution is -2.36. The summed E-state index contributed by atoms with van der Waals surface area (Å²) in [6.07, 6.45) is 1.56. The Kier molecular flexibility index (Phi) is 4.93. The van der Waals surface area contributed by atoms with Gasteiger partial charge in [-0.15, -0.1) is 0 Å². The van der Waals surface area contributed by atoms with Gasteiger partial charge < -0.3 is 15.1 Å². The largest absolute Gasteiger partial charge is 0.467 e. The number of rotatable bonds is 4. The predicted molar refractivity (Wildman–Crippen MR) is 79.0 cm³/mol. The summed E-state index contributed by atoms with van der Waals surface area (Å²) in [5.74, 6) is 0.692. The molecule has 2 aromatic rings. The van der Waals surface area contributed by atoms with Crippen molar-refractivity contribution in [2.45, 2.75) is 19.5 Å². The molecule has 0 spiro atoms. The summed E-state index contributed by atoms with van der Waals surface area (Å²) in [6, 6.07) is 8.22. The van der Waals surface area contributed by atoms with E-state index >= 15 is 0 Å². The summed E-state index contributed by atoms with van der Waals surface area (Å²) >= 11 is 11.9. The van der Waals surface area contributed by atoms with E-state index in [4.69, 9.17) is 27.6 Å². The number of halogens is 2. The average Bonchev–Trinajstić information content (AvgIpc) is 2.89. The van der Waals surface area contributed by atoms with Gasteiger partial charge in [-0.25, -0.2) is 4.79 Å². The van der Waals surface area contributed by atoms with Crippen LogP contribution in [0.15, 0.2) is 41.0 Å². The molecule has 0 aliphatic carbocycles. The van der Waals surface area contributed by atoms with Gasteiger partial charge in [-0.05, 0) is 36.8 Å². The summed E-state index contributed by atoms with van der Waals surface area (Å²) in [5, 5.41) is 6.59. The lowest BCUT2D eigenvalue weighted by molar-refractivity contribution is 0.236. The Balaban J connectivity index is 1.90. The molecule has 0 fully saturated rings. The van der Waals surface area contributed by atoms with Crippen molar-refractivity contribution >= 4 is 29.2 Å². The minimum Gasteiger partial charge on any atom is -0.467 e. The first-order valence-corrected chi connectivity index (χ1v) is 6.83. The van der Waals surface area contributed by atoms with E-state index in [1.165, 1.54) is 0 Å². The maximum absolute atomic E-state index is 11.8. The zero-order valence-electron chi connectivity index (χ0n) is 10.8. The fraction of sp³-hybridized carbons (Fsp3) is 0.214. The van der Waals surface area contributed by atoms with Gasteiger partial charge in [-0.3, -0.25) is 0 Å². The van der Waals surface area contributed by atoms with Gasteiger partial charge in [0, 0.05) is 10.0 Å². The van der Waals surface area contributed by atoms with E-state index in [1.54, 1.807) is 36.6 Å². The summed E-state index contributed by atoms with van der Waals surface area (Å²) in [6.45, 7) is 2.18. The molecule has 0 unspecified atom stereocenters. The van der Waals surface area contributed by atoms with Crippen LogP contribution in [0.5, 0.6) is 0 Å². The lowest BCUT2D eigenvalue weighted by Gasteiger charge is -2.16. The van der Waals surface area contributed by atoms with Gasteiger partial charge in [0.2, 0.25) is 0 Å². The highest BCUT2D eigenvalue weighted by Crippen LogP contribution is 2.25. The molecule has 0 aliphatic heterocycles. The summed E-state index contributed by atoms with van der Waals surface area (Å²) in [4.78, 5) is 11.8. The van der Waals surface area contributed by atoms with Gasteiger partial charge in [0.05, 0.1) is 18.8 Å². The van der Waals surface area contributed by atoms with Crippen molar-refractivity contribution in [2.24, 2.45) is 0 Å². The van der Waals surface area contributed by atoms with E-state index in [1.807, 2.05) is 6.92 Å². The molecule has 0 bridgehead atoms. The monoisotopic (exact) mass is 312 g/mol. The molecular weight excluding hydrogens is 299 g/mol. The number of urea groups is 1. The number of nitrogens with one attached hydrogen (secondary N) is 2. The van der Waals surface area contributed by atoms with Crippen molar-refractivity contribution in [1.29, 1.82) is 0 Å². The fourth-order valence-corrected chi connectivity index (χ4v) is 2.33. The van der Waals surface area contributed by atoms with Crippen LogP contribution in [0.25, 0.3) is 0 Å². The average molecular weight is 313 g/mol. The molecule has 1 aromatic carbocycles. The Hall–Kier alpha value is -1.65. The molecule has 20 heavy (non-hydrogen) atoms. The van der Waals surface area contributed by atoms with E-state index in [0.29, 0.717) is 22.4 Å². The molecule has 2 N–H and O–H groups in total. The standard InChI is InChI=1S/C14H14Cl2N2O2/c1-9(12-5-4-10(15)7-13(12)16)18-14(19)17-8-11-3-2-6-20-11/h2-7,9H,8H2,1H3,(H2,17,18,19)/t9-/m1/s1. The number of furan rings is 1. The van der Waals surface area contributed by atoms with Gasteiger partial charge in [-0.2, -0.15) is 0 Å². The molecule has 106 valence electrons. The molecule has 2 amide bonds. The van der Waals surface area contributed by atoms with Gasteiger partial charge in [0.15, 0.2) is 0 Å². The zero-order valence-corrected chi connectivity index (χ0v) is 12.3. The molecule has 1 aromatic heterocycles. The highest BCUT2D eigenvalue weighted by Gasteiger charge is 2.12. The minimum absolute atomic E-state index is 0.226. The number of carbonyl (C=O) groups excluding carboxylic acids is 1. The van der Waals surface area contributed by atoms with Crippen LogP contribution in [0.1, 0.15) is 24.3 Å². The number of hydrogen-bond donors (Lipinski definition) is 2. The molecular formula is C14H14Cl2N2O2. The molecule has 1 atom stereocenters. The maximum atomic E-state index is 11.8. The SMILES string of the molecule is C[C@@H](NC(=O)NCc1ccco1)c1ccc(Cl)cc1Cl. The van der Waals surface area contributed by atoms with Crippen LogP contribution in [-0.2, 0) is 6.54 Å².